The van der Waals surface area contributed by atoms with E-state index in [1.165, 1.54) is 5.56 Å². The predicted molar refractivity (Wildman–Crippen MR) is 104 cm³/mol. The van der Waals surface area contributed by atoms with Crippen LogP contribution in [0.4, 0.5) is 0 Å². The molecule has 0 aliphatic carbocycles. The minimum atomic E-state index is -0.564. The minimum absolute atomic E-state index is 0.0908. The Kier molecular flexibility index (Phi) is 4.75. The van der Waals surface area contributed by atoms with E-state index in [0.717, 1.165) is 31.6 Å². The lowest BCUT2D eigenvalue weighted by Gasteiger charge is -2.42. The van der Waals surface area contributed by atoms with Gasteiger partial charge in [-0.15, -0.1) is 0 Å². The number of amides is 3. The number of nitrogens with two attached hydrogens (primary N) is 1. The van der Waals surface area contributed by atoms with Crippen LogP contribution in [0.2, 0.25) is 0 Å². The van der Waals surface area contributed by atoms with E-state index in [1.54, 1.807) is 4.90 Å². The third kappa shape index (κ3) is 3.44. The fourth-order valence-electron chi connectivity index (χ4n) is 4.60. The van der Waals surface area contributed by atoms with Gasteiger partial charge in [0.15, 0.2) is 0 Å². The summed E-state index contributed by atoms with van der Waals surface area (Å²) < 4.78 is 0. The zero-order valence-electron chi connectivity index (χ0n) is 16.5. The van der Waals surface area contributed by atoms with Crippen LogP contribution in [0, 0.1) is 5.41 Å². The smallest absolute Gasteiger partial charge is 0.255 e. The molecule has 0 saturated carbocycles. The van der Waals surface area contributed by atoms with Crippen molar-refractivity contribution >= 4 is 17.7 Å². The van der Waals surface area contributed by atoms with Gasteiger partial charge in [0.1, 0.15) is 6.04 Å². The number of fused-ring (bicyclic) bond motifs is 1. The number of nitrogens with one attached hydrogen (secondary N) is 1. The molecule has 1 aromatic carbocycles. The van der Waals surface area contributed by atoms with Crippen LogP contribution in [0.3, 0.4) is 0 Å². The van der Waals surface area contributed by atoms with Crippen molar-refractivity contribution in [2.75, 3.05) is 13.1 Å². The molecule has 3 aliphatic heterocycles. The molecule has 0 bridgehead atoms. The fraction of sp³-hybridized carbons (Fsp3) is 0.571. The van der Waals surface area contributed by atoms with Crippen molar-refractivity contribution in [3.63, 3.8) is 0 Å². The van der Waals surface area contributed by atoms with Gasteiger partial charge in [-0.1, -0.05) is 26.0 Å². The third-order valence-electron chi connectivity index (χ3n) is 6.39. The number of hydrogen-bond acceptors (Lipinski definition) is 5. The van der Waals surface area contributed by atoms with E-state index >= 15 is 0 Å². The van der Waals surface area contributed by atoms with Crippen molar-refractivity contribution in [3.05, 3.63) is 34.9 Å². The van der Waals surface area contributed by atoms with E-state index < -0.39 is 6.04 Å². The van der Waals surface area contributed by atoms with Gasteiger partial charge in [-0.3, -0.25) is 24.6 Å². The average Bonchev–Trinajstić information content (AvgIpc) is 2.94. The van der Waals surface area contributed by atoms with E-state index in [0.29, 0.717) is 18.5 Å². The molecule has 3 heterocycles. The van der Waals surface area contributed by atoms with Gasteiger partial charge in [-0.05, 0) is 35.4 Å². The predicted octanol–water partition coefficient (Wildman–Crippen LogP) is 1.01. The Hall–Kier alpha value is -2.25. The van der Waals surface area contributed by atoms with Crippen molar-refractivity contribution in [2.24, 2.45) is 11.1 Å². The summed E-state index contributed by atoms with van der Waals surface area (Å²) in [6.45, 7) is 7.60. The van der Waals surface area contributed by atoms with E-state index in [2.05, 4.69) is 30.1 Å². The highest BCUT2D eigenvalue weighted by atomic mass is 16.2. The molecule has 3 amide bonds. The summed E-state index contributed by atoms with van der Waals surface area (Å²) in [5.74, 6) is -0.762. The lowest BCUT2D eigenvalue weighted by molar-refractivity contribution is -0.136. The molecular weight excluding hydrogens is 356 g/mol. The molecule has 0 radical (unpaired) electrons. The average molecular weight is 384 g/mol. The topological polar surface area (TPSA) is 95.7 Å². The molecule has 3 N–H and O–H groups in total. The fourth-order valence-corrected chi connectivity index (χ4v) is 4.60. The number of likely N-dealkylation sites (tertiary alicyclic amines) is 1. The number of benzene rings is 1. The molecule has 2 fully saturated rings. The number of hydrogen-bond donors (Lipinski definition) is 2. The molecule has 2 atom stereocenters. The number of carbonyl (C=O) groups excluding carboxylic acids is 3. The van der Waals surface area contributed by atoms with E-state index in [4.69, 9.17) is 5.73 Å². The highest BCUT2D eigenvalue weighted by Crippen LogP contribution is 2.31. The number of rotatable bonds is 3. The SMILES string of the molecule is CC1(C)CN(Cc2ccc3c(c2)CN(C2CCC(=O)NC2=O)C3=O)CCC1N. The summed E-state index contributed by atoms with van der Waals surface area (Å²) in [4.78, 5) is 40.3. The number of imide groups is 1. The highest BCUT2D eigenvalue weighted by molar-refractivity contribution is 6.05. The molecule has 4 rings (SSSR count). The van der Waals surface area contributed by atoms with Crippen LogP contribution in [0.15, 0.2) is 18.2 Å². The van der Waals surface area contributed by atoms with E-state index in [-0.39, 0.29) is 35.6 Å². The second kappa shape index (κ2) is 6.97. The van der Waals surface area contributed by atoms with Crippen LogP contribution in [-0.2, 0) is 22.7 Å². The monoisotopic (exact) mass is 384 g/mol. The molecule has 1 aromatic rings. The van der Waals surface area contributed by atoms with Crippen LogP contribution in [0.1, 0.15) is 54.6 Å². The molecule has 28 heavy (non-hydrogen) atoms. The van der Waals surface area contributed by atoms with Gasteiger partial charge in [-0.2, -0.15) is 0 Å². The standard InChI is InChI=1S/C21H28N4O3/c1-21(2)12-24(8-7-17(21)22)10-13-3-4-15-14(9-13)11-25(20(15)28)16-5-6-18(26)23-19(16)27/h3-4,9,16-17H,5-8,10-12,22H2,1-2H3,(H,23,26,27). The zero-order chi connectivity index (χ0) is 20.1. The second-order valence-electron chi connectivity index (χ2n) is 8.99. The first-order valence-electron chi connectivity index (χ1n) is 9.99. The van der Waals surface area contributed by atoms with Crippen molar-refractivity contribution in [1.82, 2.24) is 15.1 Å². The zero-order valence-corrected chi connectivity index (χ0v) is 16.5. The first kappa shape index (κ1) is 19.1. The summed E-state index contributed by atoms with van der Waals surface area (Å²) >= 11 is 0. The van der Waals surface area contributed by atoms with Gasteiger partial charge in [0.25, 0.3) is 5.91 Å². The van der Waals surface area contributed by atoms with E-state index in [1.807, 2.05) is 12.1 Å². The van der Waals surface area contributed by atoms with Gasteiger partial charge in [0.05, 0.1) is 0 Å². The molecule has 0 aromatic heterocycles. The van der Waals surface area contributed by atoms with Gasteiger partial charge in [0, 0.05) is 44.2 Å². The van der Waals surface area contributed by atoms with Crippen molar-refractivity contribution < 1.29 is 14.4 Å². The van der Waals surface area contributed by atoms with Crippen molar-refractivity contribution in [2.45, 2.75) is 58.3 Å². The normalized spacial score (nSPS) is 27.7. The molecule has 2 saturated heterocycles. The highest BCUT2D eigenvalue weighted by Gasteiger charge is 2.39. The van der Waals surface area contributed by atoms with Crippen LogP contribution < -0.4 is 11.1 Å². The number of nitrogens with zero attached hydrogens (tertiary/aromatic N) is 2. The largest absolute Gasteiger partial charge is 0.327 e. The van der Waals surface area contributed by atoms with Gasteiger partial charge < -0.3 is 10.6 Å². The summed E-state index contributed by atoms with van der Waals surface area (Å²) in [5.41, 5.74) is 9.12. The molecule has 150 valence electrons. The summed E-state index contributed by atoms with van der Waals surface area (Å²) in [5, 5.41) is 2.34. The Morgan fingerprint density at radius 1 is 1.21 bits per heavy atom. The van der Waals surface area contributed by atoms with Crippen LogP contribution >= 0.6 is 0 Å². The summed E-state index contributed by atoms with van der Waals surface area (Å²) in [6, 6.07) is 5.63. The minimum Gasteiger partial charge on any atom is -0.327 e. The number of carbonyl (C=O) groups is 3. The molecule has 7 nitrogen and oxygen atoms in total. The maximum absolute atomic E-state index is 12.8. The van der Waals surface area contributed by atoms with Gasteiger partial charge >= 0.3 is 0 Å². The Balaban J connectivity index is 1.47. The molecule has 7 heteroatoms. The first-order valence-corrected chi connectivity index (χ1v) is 9.99. The maximum Gasteiger partial charge on any atom is 0.255 e. The van der Waals surface area contributed by atoms with E-state index in [9.17, 15) is 14.4 Å². The summed E-state index contributed by atoms with van der Waals surface area (Å²) in [6.07, 6.45) is 1.65. The Bertz CT molecular complexity index is 835. The quantitative estimate of drug-likeness (QED) is 0.758. The van der Waals surface area contributed by atoms with Crippen molar-refractivity contribution in [1.29, 1.82) is 0 Å². The number of piperidine rings is 2. The molecule has 3 aliphatic rings. The first-order chi connectivity index (χ1) is 13.2. The Labute approximate surface area is 165 Å². The Morgan fingerprint density at radius 3 is 2.71 bits per heavy atom. The molecular formula is C21H28N4O3. The van der Waals surface area contributed by atoms with Gasteiger partial charge in [-0.25, -0.2) is 0 Å². The van der Waals surface area contributed by atoms with Crippen LogP contribution in [-0.4, -0.2) is 52.7 Å². The molecule has 2 unspecified atom stereocenters. The molecule has 0 spiro atoms. The third-order valence-corrected chi connectivity index (χ3v) is 6.39. The van der Waals surface area contributed by atoms with Crippen molar-refractivity contribution in [3.8, 4) is 0 Å². The van der Waals surface area contributed by atoms with Crippen LogP contribution in [0.5, 0.6) is 0 Å². The Morgan fingerprint density at radius 2 is 2.00 bits per heavy atom. The lowest BCUT2D eigenvalue weighted by Crippen LogP contribution is -2.52. The van der Waals surface area contributed by atoms with Gasteiger partial charge in [0.2, 0.25) is 11.8 Å². The maximum atomic E-state index is 12.8. The summed E-state index contributed by atoms with van der Waals surface area (Å²) in [7, 11) is 0. The second-order valence-corrected chi connectivity index (χ2v) is 8.99. The van der Waals surface area contributed by atoms with Crippen LogP contribution in [0.25, 0.3) is 0 Å². The lowest BCUT2D eigenvalue weighted by atomic mass is 9.79.